The Morgan fingerprint density at radius 1 is 1.05 bits per heavy atom. The first-order chi connectivity index (χ1) is 9.15. The zero-order valence-corrected chi connectivity index (χ0v) is 12.1. The molecule has 106 valence electrons. The lowest BCUT2D eigenvalue weighted by molar-refractivity contribution is 0.0441. The smallest absolute Gasteiger partial charge is 0.188 e. The van der Waals surface area contributed by atoms with Crippen LogP contribution in [0.5, 0.6) is 0 Å². The van der Waals surface area contributed by atoms with E-state index in [1.807, 2.05) is 24.3 Å². The largest absolute Gasteiger partial charge is 0.379 e. The van der Waals surface area contributed by atoms with Gasteiger partial charge in [-0.2, -0.15) is 0 Å². The van der Waals surface area contributed by atoms with Gasteiger partial charge in [-0.15, -0.1) is 0 Å². The molecule has 0 heterocycles. The Bertz CT molecular complexity index is 368. The van der Waals surface area contributed by atoms with Crippen molar-refractivity contribution in [1.29, 1.82) is 0 Å². The molecule has 0 bridgehead atoms. The number of hydrogen-bond acceptors (Lipinski definition) is 3. The molecular weight excluding hydrogens is 240 g/mol. The number of carbonyl (C=O) groups excluding carboxylic acids is 1. The number of carbonyl (C=O) groups is 1. The van der Waals surface area contributed by atoms with Crippen molar-refractivity contribution in [2.75, 3.05) is 26.4 Å². The van der Waals surface area contributed by atoms with Crippen molar-refractivity contribution >= 4 is 5.78 Å². The molecule has 0 atom stereocenters. The van der Waals surface area contributed by atoms with Crippen LogP contribution in [0.15, 0.2) is 24.3 Å². The van der Waals surface area contributed by atoms with Gasteiger partial charge in [0.15, 0.2) is 5.78 Å². The van der Waals surface area contributed by atoms with Crippen molar-refractivity contribution in [1.82, 2.24) is 0 Å². The molecule has 1 rings (SSSR count). The van der Waals surface area contributed by atoms with Crippen LogP contribution in [-0.2, 0) is 9.47 Å². The normalized spacial score (nSPS) is 10.9. The minimum Gasteiger partial charge on any atom is -0.379 e. The Labute approximate surface area is 115 Å². The van der Waals surface area contributed by atoms with Gasteiger partial charge >= 0.3 is 0 Å². The molecule has 0 amide bonds. The molecule has 0 unspecified atom stereocenters. The van der Waals surface area contributed by atoms with Gasteiger partial charge in [0, 0.05) is 12.2 Å². The Kier molecular flexibility index (Phi) is 7.38. The van der Waals surface area contributed by atoms with E-state index in [0.717, 1.165) is 13.0 Å². The highest BCUT2D eigenvalue weighted by atomic mass is 16.5. The van der Waals surface area contributed by atoms with Crippen LogP contribution < -0.4 is 0 Å². The lowest BCUT2D eigenvalue weighted by Gasteiger charge is -2.07. The third-order valence-electron chi connectivity index (χ3n) is 2.85. The predicted octanol–water partition coefficient (Wildman–Crippen LogP) is 3.44. The SMILES string of the molecule is CCCOCCOCC(=O)c1ccc(C(C)C)cc1. The molecule has 0 aliphatic heterocycles. The molecule has 0 aliphatic carbocycles. The van der Waals surface area contributed by atoms with Gasteiger partial charge < -0.3 is 9.47 Å². The van der Waals surface area contributed by atoms with E-state index in [1.54, 1.807) is 0 Å². The van der Waals surface area contributed by atoms with E-state index in [0.29, 0.717) is 24.7 Å². The number of ketones is 1. The Morgan fingerprint density at radius 3 is 2.26 bits per heavy atom. The lowest BCUT2D eigenvalue weighted by Crippen LogP contribution is -2.13. The summed E-state index contributed by atoms with van der Waals surface area (Å²) in [7, 11) is 0. The molecule has 19 heavy (non-hydrogen) atoms. The molecule has 0 spiro atoms. The predicted molar refractivity (Wildman–Crippen MR) is 76.8 cm³/mol. The number of ether oxygens (including phenoxy) is 2. The number of hydrogen-bond donors (Lipinski definition) is 0. The van der Waals surface area contributed by atoms with Gasteiger partial charge in [0.2, 0.25) is 0 Å². The van der Waals surface area contributed by atoms with Crippen molar-refractivity contribution in [3.8, 4) is 0 Å². The van der Waals surface area contributed by atoms with Crippen LogP contribution in [0.1, 0.15) is 49.0 Å². The van der Waals surface area contributed by atoms with Crippen molar-refractivity contribution < 1.29 is 14.3 Å². The van der Waals surface area contributed by atoms with Gasteiger partial charge in [0.25, 0.3) is 0 Å². The zero-order chi connectivity index (χ0) is 14.1. The third-order valence-corrected chi connectivity index (χ3v) is 2.85. The Hall–Kier alpha value is -1.19. The summed E-state index contributed by atoms with van der Waals surface area (Å²) in [5.41, 5.74) is 1.95. The first-order valence-corrected chi connectivity index (χ1v) is 6.93. The lowest BCUT2D eigenvalue weighted by atomic mass is 10.0. The summed E-state index contributed by atoms with van der Waals surface area (Å²) in [6.07, 6.45) is 1.00. The van der Waals surface area contributed by atoms with E-state index in [9.17, 15) is 4.79 Å². The summed E-state index contributed by atoms with van der Waals surface area (Å²) in [5.74, 6) is 0.502. The van der Waals surface area contributed by atoms with Crippen molar-refractivity contribution in [3.63, 3.8) is 0 Å². The second-order valence-electron chi connectivity index (χ2n) is 4.86. The maximum atomic E-state index is 11.8. The molecule has 1 aromatic rings. The van der Waals surface area contributed by atoms with Gasteiger partial charge in [0.1, 0.15) is 6.61 Å². The highest BCUT2D eigenvalue weighted by Gasteiger charge is 2.06. The van der Waals surface area contributed by atoms with Gasteiger partial charge in [-0.05, 0) is 17.9 Å². The Morgan fingerprint density at radius 2 is 1.68 bits per heavy atom. The van der Waals surface area contributed by atoms with Crippen molar-refractivity contribution in [2.24, 2.45) is 0 Å². The zero-order valence-electron chi connectivity index (χ0n) is 12.1. The summed E-state index contributed by atoms with van der Waals surface area (Å²) >= 11 is 0. The molecule has 0 fully saturated rings. The molecule has 3 heteroatoms. The first-order valence-electron chi connectivity index (χ1n) is 6.93. The summed E-state index contributed by atoms with van der Waals surface area (Å²) < 4.78 is 10.6. The van der Waals surface area contributed by atoms with Crippen LogP contribution in [-0.4, -0.2) is 32.2 Å². The van der Waals surface area contributed by atoms with E-state index in [4.69, 9.17) is 9.47 Å². The van der Waals surface area contributed by atoms with Gasteiger partial charge in [-0.3, -0.25) is 4.79 Å². The third kappa shape index (κ3) is 5.99. The highest BCUT2D eigenvalue weighted by Crippen LogP contribution is 2.14. The molecule has 0 aromatic heterocycles. The monoisotopic (exact) mass is 264 g/mol. The number of rotatable bonds is 9. The average Bonchev–Trinajstić information content (AvgIpc) is 2.42. The minimum absolute atomic E-state index is 0.0193. The fraction of sp³-hybridized carbons (Fsp3) is 0.562. The van der Waals surface area contributed by atoms with Crippen LogP contribution in [0.3, 0.4) is 0 Å². The van der Waals surface area contributed by atoms with Crippen LogP contribution >= 0.6 is 0 Å². The number of Topliss-reactive ketones (excluding diaryl/α,β-unsaturated/α-hetero) is 1. The van der Waals surface area contributed by atoms with Crippen molar-refractivity contribution in [2.45, 2.75) is 33.1 Å². The highest BCUT2D eigenvalue weighted by molar-refractivity contribution is 5.97. The van der Waals surface area contributed by atoms with Crippen LogP contribution in [0, 0.1) is 0 Å². The second-order valence-corrected chi connectivity index (χ2v) is 4.86. The number of benzene rings is 1. The van der Waals surface area contributed by atoms with Gasteiger partial charge in [-0.25, -0.2) is 0 Å². The van der Waals surface area contributed by atoms with E-state index in [2.05, 4.69) is 20.8 Å². The van der Waals surface area contributed by atoms with Gasteiger partial charge in [0.05, 0.1) is 13.2 Å². The summed E-state index contributed by atoms with van der Waals surface area (Å²) in [5, 5.41) is 0. The molecule has 0 aliphatic rings. The molecular formula is C16H24O3. The molecule has 0 radical (unpaired) electrons. The fourth-order valence-corrected chi connectivity index (χ4v) is 1.67. The van der Waals surface area contributed by atoms with Crippen LogP contribution in [0.4, 0.5) is 0 Å². The fourth-order valence-electron chi connectivity index (χ4n) is 1.67. The second kappa shape index (κ2) is 8.83. The molecule has 1 aromatic carbocycles. The molecule has 3 nitrogen and oxygen atoms in total. The average molecular weight is 264 g/mol. The molecule has 0 saturated heterocycles. The quantitative estimate of drug-likeness (QED) is 0.506. The van der Waals surface area contributed by atoms with Crippen molar-refractivity contribution in [3.05, 3.63) is 35.4 Å². The van der Waals surface area contributed by atoms with E-state index < -0.39 is 0 Å². The summed E-state index contributed by atoms with van der Waals surface area (Å²) in [6, 6.07) is 7.74. The topological polar surface area (TPSA) is 35.5 Å². The summed E-state index contributed by atoms with van der Waals surface area (Å²) in [4.78, 5) is 11.8. The van der Waals surface area contributed by atoms with Crippen LogP contribution in [0.25, 0.3) is 0 Å². The first kappa shape index (κ1) is 15.9. The maximum Gasteiger partial charge on any atom is 0.188 e. The minimum atomic E-state index is 0.0193. The van der Waals surface area contributed by atoms with Crippen LogP contribution in [0.2, 0.25) is 0 Å². The summed E-state index contributed by atoms with van der Waals surface area (Å²) in [6.45, 7) is 8.21. The Balaban J connectivity index is 2.29. The molecule has 0 N–H and O–H groups in total. The maximum absolute atomic E-state index is 11.8. The van der Waals surface area contributed by atoms with E-state index >= 15 is 0 Å². The van der Waals surface area contributed by atoms with E-state index in [-0.39, 0.29) is 12.4 Å². The van der Waals surface area contributed by atoms with E-state index in [1.165, 1.54) is 5.56 Å². The standard InChI is InChI=1S/C16H24O3/c1-4-9-18-10-11-19-12-16(17)15-7-5-14(6-8-15)13(2)3/h5-8,13H,4,9-12H2,1-3H3. The molecule has 0 saturated carbocycles. The van der Waals surface area contributed by atoms with Gasteiger partial charge in [-0.1, -0.05) is 45.0 Å².